The lowest BCUT2D eigenvalue weighted by molar-refractivity contribution is -0.120. The molecule has 0 spiro atoms. The summed E-state index contributed by atoms with van der Waals surface area (Å²) < 4.78 is 22.0. The Labute approximate surface area is 197 Å². The van der Waals surface area contributed by atoms with E-state index in [1.165, 1.54) is 40.0 Å². The van der Waals surface area contributed by atoms with Gasteiger partial charge in [-0.3, -0.25) is 19.0 Å². The maximum absolute atomic E-state index is 13.4. The summed E-state index contributed by atoms with van der Waals surface area (Å²) in [6.07, 6.45) is 2.75. The predicted molar refractivity (Wildman–Crippen MR) is 126 cm³/mol. The van der Waals surface area contributed by atoms with Crippen molar-refractivity contribution in [2.24, 2.45) is 0 Å². The van der Waals surface area contributed by atoms with Gasteiger partial charge in [0.2, 0.25) is 5.91 Å². The van der Waals surface area contributed by atoms with Gasteiger partial charge in [0.15, 0.2) is 11.1 Å². The molecule has 3 heterocycles. The van der Waals surface area contributed by atoms with Crippen molar-refractivity contribution >= 4 is 27.9 Å². The van der Waals surface area contributed by atoms with Gasteiger partial charge >= 0.3 is 0 Å². The number of aromatic nitrogens is 4. The molecule has 176 valence electrons. The fourth-order valence-electron chi connectivity index (χ4n) is 3.87. The zero-order valence-electron chi connectivity index (χ0n) is 18.5. The number of para-hydroxylation sites is 1. The van der Waals surface area contributed by atoms with Gasteiger partial charge in [-0.25, -0.2) is 14.1 Å². The van der Waals surface area contributed by atoms with Crippen LogP contribution in [0.4, 0.5) is 4.39 Å². The molecule has 0 aliphatic rings. The highest BCUT2D eigenvalue weighted by Crippen LogP contribution is 2.12. The third-order valence-electron chi connectivity index (χ3n) is 5.53. The standard InChI is InChI=1S/C25H20FN5O4/c26-17-5-3-4-16(10-17)14-30-15-28-24-20(25(30)34)13-29-31(24)9-8-27-23(33)12-18-11-21(32)19-6-1-2-7-22(19)35-18/h1-7,10-11,13,15H,8-9,12,14H2,(H,27,33). The fraction of sp³-hybridized carbons (Fsp3) is 0.160. The first-order valence-electron chi connectivity index (χ1n) is 10.9. The van der Waals surface area contributed by atoms with Crippen molar-refractivity contribution in [1.29, 1.82) is 0 Å². The van der Waals surface area contributed by atoms with Gasteiger partial charge in [-0.1, -0.05) is 24.3 Å². The molecule has 0 saturated carbocycles. The third-order valence-corrected chi connectivity index (χ3v) is 5.53. The second-order valence-electron chi connectivity index (χ2n) is 8.01. The first-order chi connectivity index (χ1) is 17.0. The van der Waals surface area contributed by atoms with E-state index in [1.54, 1.807) is 36.4 Å². The number of carbonyl (C=O) groups excluding carboxylic acids is 1. The minimum absolute atomic E-state index is 0.0804. The van der Waals surface area contributed by atoms with E-state index in [9.17, 15) is 18.8 Å². The van der Waals surface area contributed by atoms with Crippen molar-refractivity contribution in [3.63, 3.8) is 0 Å². The number of halogens is 1. The first kappa shape index (κ1) is 22.2. The quantitative estimate of drug-likeness (QED) is 0.388. The molecular formula is C25H20FN5O4. The lowest BCUT2D eigenvalue weighted by Crippen LogP contribution is -2.29. The van der Waals surface area contributed by atoms with Gasteiger partial charge in [0.25, 0.3) is 5.56 Å². The lowest BCUT2D eigenvalue weighted by Gasteiger charge is -2.08. The van der Waals surface area contributed by atoms with Crippen LogP contribution in [0.3, 0.4) is 0 Å². The second-order valence-corrected chi connectivity index (χ2v) is 8.01. The number of amides is 1. The van der Waals surface area contributed by atoms with E-state index in [4.69, 9.17) is 4.42 Å². The molecule has 9 nitrogen and oxygen atoms in total. The Balaban J connectivity index is 1.23. The summed E-state index contributed by atoms with van der Waals surface area (Å²) in [4.78, 5) is 41.7. The number of benzene rings is 2. The molecule has 0 aliphatic heterocycles. The van der Waals surface area contributed by atoms with Crippen molar-refractivity contribution < 1.29 is 13.6 Å². The number of rotatable bonds is 7. The number of fused-ring (bicyclic) bond motifs is 2. The maximum atomic E-state index is 13.4. The number of hydrogen-bond donors (Lipinski definition) is 1. The number of nitrogens with one attached hydrogen (secondary N) is 1. The molecule has 0 unspecified atom stereocenters. The SMILES string of the molecule is O=C(Cc1cc(=O)c2ccccc2o1)NCCn1ncc2c(=O)n(Cc3cccc(F)c3)cnc21. The molecule has 0 radical (unpaired) electrons. The van der Waals surface area contributed by atoms with Crippen LogP contribution in [0.1, 0.15) is 11.3 Å². The molecule has 5 rings (SSSR count). The molecule has 10 heteroatoms. The van der Waals surface area contributed by atoms with Gasteiger partial charge in [0.05, 0.1) is 31.1 Å². The van der Waals surface area contributed by atoms with Crippen molar-refractivity contribution in [2.45, 2.75) is 19.5 Å². The van der Waals surface area contributed by atoms with Crippen LogP contribution in [-0.2, 0) is 24.3 Å². The second kappa shape index (κ2) is 9.34. The van der Waals surface area contributed by atoms with E-state index in [2.05, 4.69) is 15.4 Å². The normalized spacial score (nSPS) is 11.2. The predicted octanol–water partition coefficient (Wildman–Crippen LogP) is 2.25. The van der Waals surface area contributed by atoms with Crippen LogP contribution in [0, 0.1) is 5.82 Å². The van der Waals surface area contributed by atoms with Gasteiger partial charge in [-0.2, -0.15) is 5.10 Å². The van der Waals surface area contributed by atoms with E-state index >= 15 is 0 Å². The molecule has 0 saturated heterocycles. The van der Waals surface area contributed by atoms with Crippen LogP contribution in [0.2, 0.25) is 0 Å². The highest BCUT2D eigenvalue weighted by atomic mass is 19.1. The number of nitrogens with zero attached hydrogens (tertiary/aromatic N) is 4. The Morgan fingerprint density at radius 1 is 1.06 bits per heavy atom. The van der Waals surface area contributed by atoms with Crippen LogP contribution in [0.5, 0.6) is 0 Å². The fourth-order valence-corrected chi connectivity index (χ4v) is 3.87. The number of carbonyl (C=O) groups is 1. The van der Waals surface area contributed by atoms with E-state index < -0.39 is 0 Å². The zero-order chi connectivity index (χ0) is 24.4. The van der Waals surface area contributed by atoms with Gasteiger partial charge in [-0.15, -0.1) is 0 Å². The Hall–Kier alpha value is -4.60. The van der Waals surface area contributed by atoms with Gasteiger partial charge < -0.3 is 9.73 Å². The average molecular weight is 473 g/mol. The molecule has 3 aromatic heterocycles. The van der Waals surface area contributed by atoms with Gasteiger partial charge in [0.1, 0.15) is 28.9 Å². The first-order valence-corrected chi connectivity index (χ1v) is 10.9. The molecular weight excluding hydrogens is 453 g/mol. The summed E-state index contributed by atoms with van der Waals surface area (Å²) in [5, 5.41) is 7.76. The Bertz CT molecular complexity index is 1670. The van der Waals surface area contributed by atoms with Crippen molar-refractivity contribution in [2.75, 3.05) is 6.54 Å². The molecule has 1 amide bonds. The highest BCUT2D eigenvalue weighted by Gasteiger charge is 2.12. The van der Waals surface area contributed by atoms with Crippen LogP contribution in [0.25, 0.3) is 22.0 Å². The van der Waals surface area contributed by atoms with Crippen LogP contribution < -0.4 is 16.3 Å². The Morgan fingerprint density at radius 3 is 2.77 bits per heavy atom. The smallest absolute Gasteiger partial charge is 0.264 e. The van der Waals surface area contributed by atoms with Crippen molar-refractivity contribution in [3.8, 4) is 0 Å². The average Bonchev–Trinajstić information content (AvgIpc) is 3.25. The van der Waals surface area contributed by atoms with E-state index in [0.717, 1.165) is 0 Å². The Kier molecular flexibility index (Phi) is 5.92. The summed E-state index contributed by atoms with van der Waals surface area (Å²) in [5.41, 5.74) is 0.971. The molecule has 5 aromatic rings. The van der Waals surface area contributed by atoms with Crippen LogP contribution in [-0.4, -0.2) is 31.8 Å². The summed E-state index contributed by atoms with van der Waals surface area (Å²) >= 11 is 0. The van der Waals surface area contributed by atoms with Crippen LogP contribution >= 0.6 is 0 Å². The lowest BCUT2D eigenvalue weighted by atomic mass is 10.2. The van der Waals surface area contributed by atoms with E-state index in [-0.39, 0.29) is 54.5 Å². The summed E-state index contributed by atoms with van der Waals surface area (Å²) in [5.74, 6) is -0.413. The maximum Gasteiger partial charge on any atom is 0.264 e. The molecule has 0 bridgehead atoms. The molecule has 35 heavy (non-hydrogen) atoms. The summed E-state index contributed by atoms with van der Waals surface area (Å²) in [7, 11) is 0. The van der Waals surface area contributed by atoms with Crippen molar-refractivity contribution in [1.82, 2.24) is 24.6 Å². The molecule has 0 atom stereocenters. The topological polar surface area (TPSA) is 112 Å². The largest absolute Gasteiger partial charge is 0.460 e. The monoisotopic (exact) mass is 473 g/mol. The Morgan fingerprint density at radius 2 is 1.91 bits per heavy atom. The third kappa shape index (κ3) is 4.72. The van der Waals surface area contributed by atoms with Crippen LogP contribution in [0.15, 0.2) is 81.1 Å². The summed E-state index contributed by atoms with van der Waals surface area (Å²) in [6.45, 7) is 0.713. The molecule has 2 aromatic carbocycles. The van der Waals surface area contributed by atoms with Gasteiger partial charge in [0, 0.05) is 12.6 Å². The molecule has 0 aliphatic carbocycles. The highest BCUT2D eigenvalue weighted by molar-refractivity contribution is 5.80. The van der Waals surface area contributed by atoms with Gasteiger partial charge in [-0.05, 0) is 29.8 Å². The number of hydrogen-bond acceptors (Lipinski definition) is 6. The minimum Gasteiger partial charge on any atom is -0.460 e. The van der Waals surface area contributed by atoms with E-state index in [0.29, 0.717) is 27.6 Å². The zero-order valence-corrected chi connectivity index (χ0v) is 18.5. The minimum atomic E-state index is -0.373. The van der Waals surface area contributed by atoms with Crippen molar-refractivity contribution in [3.05, 3.63) is 105 Å². The molecule has 0 fully saturated rings. The molecule has 1 N–H and O–H groups in total. The van der Waals surface area contributed by atoms with E-state index in [1.807, 2.05) is 0 Å². The summed E-state index contributed by atoms with van der Waals surface area (Å²) in [6, 6.07) is 14.2.